The molecule has 0 spiro atoms. The van der Waals surface area contributed by atoms with Crippen LogP contribution < -0.4 is 10.1 Å². The van der Waals surface area contributed by atoms with Gasteiger partial charge in [0.1, 0.15) is 12.4 Å². The molecule has 1 heterocycles. The summed E-state index contributed by atoms with van der Waals surface area (Å²) in [5.41, 5.74) is 0. The Bertz CT molecular complexity index is 305. The first-order valence-corrected chi connectivity index (χ1v) is 5.43. The minimum atomic E-state index is 0.0970. The lowest BCUT2D eigenvalue weighted by Crippen LogP contribution is -2.10. The third-order valence-electron chi connectivity index (χ3n) is 1.74. The van der Waals surface area contributed by atoms with Crippen LogP contribution in [0.4, 0.5) is 5.82 Å². The van der Waals surface area contributed by atoms with Crippen molar-refractivity contribution in [1.82, 2.24) is 9.97 Å². The molecule has 0 atom stereocenters. The summed E-state index contributed by atoms with van der Waals surface area (Å²) in [5, 5.41) is 3.13. The predicted molar refractivity (Wildman–Crippen MR) is 62.7 cm³/mol. The molecule has 90 valence electrons. The van der Waals surface area contributed by atoms with Crippen LogP contribution in [0.3, 0.4) is 0 Å². The van der Waals surface area contributed by atoms with Crippen LogP contribution in [0.1, 0.15) is 26.6 Å². The molecule has 1 aromatic rings. The van der Waals surface area contributed by atoms with E-state index in [0.29, 0.717) is 18.3 Å². The van der Waals surface area contributed by atoms with E-state index in [1.54, 1.807) is 13.2 Å². The lowest BCUT2D eigenvalue weighted by atomic mass is 10.4. The van der Waals surface area contributed by atoms with Gasteiger partial charge in [0.15, 0.2) is 5.82 Å². The number of ether oxygens (including phenoxy) is 2. The maximum absolute atomic E-state index is 5.54. The number of nitrogens with zero attached hydrogens (tertiary/aromatic N) is 2. The molecule has 0 saturated carbocycles. The van der Waals surface area contributed by atoms with E-state index >= 15 is 0 Å². The summed E-state index contributed by atoms with van der Waals surface area (Å²) in [5.74, 6) is 1.96. The molecule has 0 aliphatic heterocycles. The van der Waals surface area contributed by atoms with Crippen molar-refractivity contribution in [2.75, 3.05) is 19.0 Å². The molecule has 0 bridgehead atoms. The van der Waals surface area contributed by atoms with E-state index in [0.717, 1.165) is 12.4 Å². The number of rotatable bonds is 6. The van der Waals surface area contributed by atoms with Gasteiger partial charge in [-0.25, -0.2) is 4.98 Å². The number of anilines is 1. The molecule has 1 aromatic heterocycles. The predicted octanol–water partition coefficient (Wildman–Crippen LogP) is 1.84. The van der Waals surface area contributed by atoms with Crippen molar-refractivity contribution in [3.8, 4) is 5.88 Å². The van der Waals surface area contributed by atoms with E-state index in [1.165, 1.54) is 0 Å². The molecule has 0 aromatic carbocycles. The lowest BCUT2D eigenvalue weighted by molar-refractivity contribution is 0.174. The first-order valence-electron chi connectivity index (χ1n) is 5.43. The van der Waals surface area contributed by atoms with Crippen LogP contribution in [0, 0.1) is 0 Å². The van der Waals surface area contributed by atoms with Crippen molar-refractivity contribution in [1.29, 1.82) is 0 Å². The zero-order valence-corrected chi connectivity index (χ0v) is 10.3. The minimum Gasteiger partial charge on any atom is -0.475 e. The highest BCUT2D eigenvalue weighted by Crippen LogP contribution is 2.15. The standard InChI is InChI=1S/C11H19N3O2/c1-5-12-9-6-11(16-8(2)3)14-10(13-9)7-15-4/h6,8H,5,7H2,1-4H3,(H,12,13,14). The summed E-state index contributed by atoms with van der Waals surface area (Å²) in [4.78, 5) is 8.54. The Morgan fingerprint density at radius 2 is 2.12 bits per heavy atom. The highest BCUT2D eigenvalue weighted by Gasteiger charge is 2.06. The van der Waals surface area contributed by atoms with Crippen LogP contribution >= 0.6 is 0 Å². The van der Waals surface area contributed by atoms with Gasteiger partial charge >= 0.3 is 0 Å². The van der Waals surface area contributed by atoms with Crippen molar-refractivity contribution in [2.45, 2.75) is 33.5 Å². The summed E-state index contributed by atoms with van der Waals surface area (Å²) in [6, 6.07) is 1.79. The maximum Gasteiger partial charge on any atom is 0.219 e. The molecule has 1 N–H and O–H groups in total. The van der Waals surface area contributed by atoms with Crippen LogP contribution in [0.2, 0.25) is 0 Å². The molecule has 0 saturated heterocycles. The molecule has 0 unspecified atom stereocenters. The molecule has 0 aliphatic rings. The monoisotopic (exact) mass is 225 g/mol. The zero-order chi connectivity index (χ0) is 12.0. The Balaban J connectivity index is 2.88. The van der Waals surface area contributed by atoms with Crippen LogP contribution in [0.25, 0.3) is 0 Å². The summed E-state index contributed by atoms with van der Waals surface area (Å²) in [6.45, 7) is 7.13. The van der Waals surface area contributed by atoms with Gasteiger partial charge in [-0.05, 0) is 20.8 Å². The Morgan fingerprint density at radius 1 is 1.38 bits per heavy atom. The fourth-order valence-electron chi connectivity index (χ4n) is 1.24. The van der Waals surface area contributed by atoms with Gasteiger partial charge in [-0.3, -0.25) is 0 Å². The summed E-state index contributed by atoms with van der Waals surface area (Å²) < 4.78 is 10.6. The molecule has 5 heteroatoms. The lowest BCUT2D eigenvalue weighted by Gasteiger charge is -2.11. The SMILES string of the molecule is CCNc1cc(OC(C)C)nc(COC)n1. The third-order valence-corrected chi connectivity index (χ3v) is 1.74. The Hall–Kier alpha value is -1.36. The molecule has 16 heavy (non-hydrogen) atoms. The number of aromatic nitrogens is 2. The summed E-state index contributed by atoms with van der Waals surface area (Å²) in [7, 11) is 1.62. The number of nitrogens with one attached hydrogen (secondary N) is 1. The molecular weight excluding hydrogens is 206 g/mol. The fourth-order valence-corrected chi connectivity index (χ4v) is 1.24. The van der Waals surface area contributed by atoms with Crippen molar-refractivity contribution in [3.05, 3.63) is 11.9 Å². The van der Waals surface area contributed by atoms with Gasteiger partial charge in [0.25, 0.3) is 0 Å². The van der Waals surface area contributed by atoms with Crippen LogP contribution in [-0.2, 0) is 11.3 Å². The van der Waals surface area contributed by atoms with Gasteiger partial charge in [-0.2, -0.15) is 4.98 Å². The van der Waals surface area contributed by atoms with E-state index in [9.17, 15) is 0 Å². The van der Waals surface area contributed by atoms with Gasteiger partial charge in [-0.1, -0.05) is 0 Å². The zero-order valence-electron chi connectivity index (χ0n) is 10.3. The molecule has 5 nitrogen and oxygen atoms in total. The van der Waals surface area contributed by atoms with Crippen molar-refractivity contribution in [3.63, 3.8) is 0 Å². The summed E-state index contributed by atoms with van der Waals surface area (Å²) in [6.07, 6.45) is 0.0970. The van der Waals surface area contributed by atoms with E-state index in [4.69, 9.17) is 9.47 Å². The molecule has 0 aliphatic carbocycles. The van der Waals surface area contributed by atoms with Gasteiger partial charge in [0.05, 0.1) is 6.10 Å². The van der Waals surface area contributed by atoms with E-state index in [2.05, 4.69) is 15.3 Å². The number of hydrogen-bond donors (Lipinski definition) is 1. The van der Waals surface area contributed by atoms with E-state index in [1.807, 2.05) is 20.8 Å². The Kier molecular flexibility index (Phi) is 4.98. The van der Waals surface area contributed by atoms with Crippen molar-refractivity contribution >= 4 is 5.82 Å². The average molecular weight is 225 g/mol. The fraction of sp³-hybridized carbons (Fsp3) is 0.636. The first-order chi connectivity index (χ1) is 7.65. The second kappa shape index (κ2) is 6.27. The van der Waals surface area contributed by atoms with Crippen molar-refractivity contribution in [2.24, 2.45) is 0 Å². The van der Waals surface area contributed by atoms with Crippen molar-refractivity contribution < 1.29 is 9.47 Å². The maximum atomic E-state index is 5.54. The molecule has 1 rings (SSSR count). The van der Waals surface area contributed by atoms with Crippen LogP contribution in [0.5, 0.6) is 5.88 Å². The van der Waals surface area contributed by atoms with Gasteiger partial charge < -0.3 is 14.8 Å². The topological polar surface area (TPSA) is 56.3 Å². The molecule has 0 fully saturated rings. The Labute approximate surface area is 96.2 Å². The second-order valence-corrected chi connectivity index (χ2v) is 3.64. The smallest absolute Gasteiger partial charge is 0.219 e. The average Bonchev–Trinajstić information content (AvgIpc) is 2.17. The molecular formula is C11H19N3O2. The highest BCUT2D eigenvalue weighted by molar-refractivity contribution is 5.38. The number of methoxy groups -OCH3 is 1. The minimum absolute atomic E-state index is 0.0970. The molecule has 0 radical (unpaired) electrons. The van der Waals surface area contributed by atoms with Gasteiger partial charge in [0, 0.05) is 19.7 Å². The Morgan fingerprint density at radius 3 is 2.69 bits per heavy atom. The summed E-state index contributed by atoms with van der Waals surface area (Å²) >= 11 is 0. The normalized spacial score (nSPS) is 10.6. The third kappa shape index (κ3) is 4.02. The first kappa shape index (κ1) is 12.7. The van der Waals surface area contributed by atoms with Crippen LogP contribution in [0.15, 0.2) is 6.07 Å². The quantitative estimate of drug-likeness (QED) is 0.800. The molecule has 0 amide bonds. The largest absolute Gasteiger partial charge is 0.475 e. The highest BCUT2D eigenvalue weighted by atomic mass is 16.5. The second-order valence-electron chi connectivity index (χ2n) is 3.64. The van der Waals surface area contributed by atoms with Gasteiger partial charge in [-0.15, -0.1) is 0 Å². The number of hydrogen-bond acceptors (Lipinski definition) is 5. The van der Waals surface area contributed by atoms with Crippen LogP contribution in [-0.4, -0.2) is 29.7 Å². The van der Waals surface area contributed by atoms with Gasteiger partial charge in [0.2, 0.25) is 5.88 Å². The van der Waals surface area contributed by atoms with E-state index < -0.39 is 0 Å². The van der Waals surface area contributed by atoms with E-state index in [-0.39, 0.29) is 6.10 Å².